The summed E-state index contributed by atoms with van der Waals surface area (Å²) in [6, 6.07) is 9.85. The van der Waals surface area contributed by atoms with Gasteiger partial charge in [-0.1, -0.05) is 30.3 Å². The molecule has 0 bridgehead atoms. The lowest BCUT2D eigenvalue weighted by Crippen LogP contribution is -2.32. The Labute approximate surface area is 89.3 Å². The van der Waals surface area contributed by atoms with E-state index in [1.165, 1.54) is 0 Å². The van der Waals surface area contributed by atoms with Crippen molar-refractivity contribution in [1.29, 1.82) is 0 Å². The van der Waals surface area contributed by atoms with E-state index in [1.54, 1.807) is 0 Å². The van der Waals surface area contributed by atoms with Crippen molar-refractivity contribution in [1.82, 2.24) is 4.90 Å². The topological polar surface area (TPSA) is 40.3 Å². The van der Waals surface area contributed by atoms with Crippen molar-refractivity contribution >= 4 is 5.97 Å². The minimum atomic E-state index is -0.719. The molecule has 3 heteroatoms. The highest BCUT2D eigenvalue weighted by Gasteiger charge is 2.39. The fraction of sp³-hybridized carbons (Fsp3) is 0.417. The molecule has 1 aliphatic rings. The second-order valence-corrected chi connectivity index (χ2v) is 4.09. The molecule has 0 spiro atoms. The van der Waals surface area contributed by atoms with Gasteiger partial charge in [0, 0.05) is 12.6 Å². The fourth-order valence-electron chi connectivity index (χ4n) is 1.88. The van der Waals surface area contributed by atoms with Crippen molar-refractivity contribution in [2.24, 2.45) is 0 Å². The molecule has 1 saturated heterocycles. The van der Waals surface area contributed by atoms with Gasteiger partial charge >= 0.3 is 5.97 Å². The van der Waals surface area contributed by atoms with Gasteiger partial charge in [0.25, 0.3) is 0 Å². The van der Waals surface area contributed by atoms with E-state index in [4.69, 9.17) is 5.11 Å². The first kappa shape index (κ1) is 10.2. The molecule has 1 fully saturated rings. The highest BCUT2D eigenvalue weighted by molar-refractivity contribution is 5.74. The summed E-state index contributed by atoms with van der Waals surface area (Å²) < 4.78 is 0. The monoisotopic (exact) mass is 205 g/mol. The number of carbonyl (C=O) groups is 1. The molecular weight excluding hydrogens is 190 g/mol. The quantitative estimate of drug-likeness (QED) is 0.755. The summed E-state index contributed by atoms with van der Waals surface area (Å²) >= 11 is 0. The van der Waals surface area contributed by atoms with Gasteiger partial charge in [-0.15, -0.1) is 0 Å². The van der Waals surface area contributed by atoms with Crippen LogP contribution in [0.15, 0.2) is 30.3 Å². The Morgan fingerprint density at radius 1 is 1.53 bits per heavy atom. The molecular formula is C12H15NO2. The summed E-state index contributed by atoms with van der Waals surface area (Å²) in [7, 11) is 0. The van der Waals surface area contributed by atoms with Gasteiger partial charge in [0.2, 0.25) is 0 Å². The van der Waals surface area contributed by atoms with E-state index in [0.717, 1.165) is 12.1 Å². The van der Waals surface area contributed by atoms with Crippen molar-refractivity contribution in [3.63, 3.8) is 0 Å². The fourth-order valence-corrected chi connectivity index (χ4v) is 1.88. The number of carboxylic acid groups (broad SMARTS) is 1. The first-order valence-corrected chi connectivity index (χ1v) is 5.21. The Balaban J connectivity index is 2.04. The van der Waals surface area contributed by atoms with Crippen molar-refractivity contribution in [3.8, 4) is 0 Å². The molecule has 3 atom stereocenters. The summed E-state index contributed by atoms with van der Waals surface area (Å²) in [6.07, 6.45) is 0.598. The number of benzene rings is 1. The molecule has 1 heterocycles. The maximum absolute atomic E-state index is 11.1. The van der Waals surface area contributed by atoms with Crippen LogP contribution in [0, 0.1) is 0 Å². The standard InChI is InChI=1S/C12H15NO2/c1-9-8-13(9)11(12(14)15)7-10-5-3-2-4-6-10/h2-6,9,11H,7-8H2,1H3,(H,14,15)/t9?,11-,13?/m0/s1. The Hall–Kier alpha value is -1.35. The second-order valence-electron chi connectivity index (χ2n) is 4.09. The largest absolute Gasteiger partial charge is 0.480 e. The lowest BCUT2D eigenvalue weighted by atomic mass is 10.1. The SMILES string of the molecule is CC1CN1[C@@H](Cc1ccccc1)C(=O)O. The Morgan fingerprint density at radius 2 is 2.13 bits per heavy atom. The molecule has 2 rings (SSSR count). The lowest BCUT2D eigenvalue weighted by molar-refractivity contribution is -0.141. The normalized spacial score (nSPS) is 25.9. The first-order chi connectivity index (χ1) is 7.18. The van der Waals surface area contributed by atoms with Gasteiger partial charge in [0.1, 0.15) is 6.04 Å². The predicted octanol–water partition coefficient (Wildman–Crippen LogP) is 1.39. The maximum atomic E-state index is 11.1. The summed E-state index contributed by atoms with van der Waals surface area (Å²) in [5.74, 6) is -0.719. The van der Waals surface area contributed by atoms with Crippen LogP contribution in [0.25, 0.3) is 0 Å². The van der Waals surface area contributed by atoms with E-state index in [2.05, 4.69) is 6.92 Å². The van der Waals surface area contributed by atoms with Crippen LogP contribution >= 0.6 is 0 Å². The molecule has 1 aromatic rings. The molecule has 15 heavy (non-hydrogen) atoms. The summed E-state index contributed by atoms with van der Waals surface area (Å²) in [5.41, 5.74) is 1.09. The molecule has 0 radical (unpaired) electrons. The summed E-state index contributed by atoms with van der Waals surface area (Å²) in [4.78, 5) is 13.1. The van der Waals surface area contributed by atoms with Gasteiger partial charge in [0.15, 0.2) is 0 Å². The molecule has 1 aliphatic heterocycles. The molecule has 0 aromatic heterocycles. The van der Waals surface area contributed by atoms with E-state index in [-0.39, 0.29) is 6.04 Å². The zero-order valence-electron chi connectivity index (χ0n) is 8.76. The molecule has 2 unspecified atom stereocenters. The van der Waals surface area contributed by atoms with Crippen LogP contribution in [0.5, 0.6) is 0 Å². The molecule has 0 amide bonds. The summed E-state index contributed by atoms with van der Waals surface area (Å²) in [6.45, 7) is 2.96. The van der Waals surface area contributed by atoms with Crippen LogP contribution in [0.3, 0.4) is 0 Å². The van der Waals surface area contributed by atoms with E-state index >= 15 is 0 Å². The highest BCUT2D eigenvalue weighted by atomic mass is 16.4. The average Bonchev–Trinajstić information content (AvgIpc) is 2.93. The van der Waals surface area contributed by atoms with Gasteiger partial charge in [-0.2, -0.15) is 0 Å². The Kier molecular flexibility index (Phi) is 2.73. The van der Waals surface area contributed by atoms with Crippen molar-refractivity contribution in [2.45, 2.75) is 25.4 Å². The molecule has 1 N–H and O–H groups in total. The Morgan fingerprint density at radius 3 is 2.60 bits per heavy atom. The zero-order valence-corrected chi connectivity index (χ0v) is 8.76. The number of aliphatic carboxylic acids is 1. The maximum Gasteiger partial charge on any atom is 0.321 e. The van der Waals surface area contributed by atoms with Gasteiger partial charge in [0.05, 0.1) is 0 Å². The number of nitrogens with zero attached hydrogens (tertiary/aromatic N) is 1. The van der Waals surface area contributed by atoms with Gasteiger partial charge in [-0.25, -0.2) is 0 Å². The van der Waals surface area contributed by atoms with Crippen molar-refractivity contribution in [2.75, 3.05) is 6.54 Å². The smallest absolute Gasteiger partial charge is 0.321 e. The highest BCUT2D eigenvalue weighted by Crippen LogP contribution is 2.23. The van der Waals surface area contributed by atoms with E-state index in [0.29, 0.717) is 12.5 Å². The molecule has 1 aromatic carbocycles. The van der Waals surface area contributed by atoms with Crippen LogP contribution in [0.4, 0.5) is 0 Å². The van der Waals surface area contributed by atoms with Crippen LogP contribution in [0.2, 0.25) is 0 Å². The van der Waals surface area contributed by atoms with Crippen molar-refractivity contribution in [3.05, 3.63) is 35.9 Å². The minimum absolute atomic E-state index is 0.359. The third kappa shape index (κ3) is 2.36. The first-order valence-electron chi connectivity index (χ1n) is 5.21. The third-order valence-electron chi connectivity index (χ3n) is 2.86. The van der Waals surface area contributed by atoms with Crippen molar-refractivity contribution < 1.29 is 9.90 Å². The van der Waals surface area contributed by atoms with Gasteiger partial charge < -0.3 is 5.11 Å². The zero-order chi connectivity index (χ0) is 10.8. The van der Waals surface area contributed by atoms with E-state index < -0.39 is 5.97 Å². The average molecular weight is 205 g/mol. The number of rotatable bonds is 4. The second kappa shape index (κ2) is 4.03. The third-order valence-corrected chi connectivity index (χ3v) is 2.86. The minimum Gasteiger partial charge on any atom is -0.480 e. The summed E-state index contributed by atoms with van der Waals surface area (Å²) in [5, 5.41) is 9.12. The van der Waals surface area contributed by atoms with E-state index in [1.807, 2.05) is 35.2 Å². The lowest BCUT2D eigenvalue weighted by Gasteiger charge is -2.13. The van der Waals surface area contributed by atoms with Crippen LogP contribution in [-0.2, 0) is 11.2 Å². The van der Waals surface area contributed by atoms with Gasteiger partial charge in [-0.3, -0.25) is 9.69 Å². The molecule has 0 saturated carbocycles. The Bertz CT molecular complexity index is 350. The molecule has 3 nitrogen and oxygen atoms in total. The van der Waals surface area contributed by atoms with E-state index in [9.17, 15) is 4.79 Å². The number of hydrogen-bond acceptors (Lipinski definition) is 2. The van der Waals surface area contributed by atoms with Gasteiger partial charge in [-0.05, 0) is 18.9 Å². The van der Waals surface area contributed by atoms with Crippen LogP contribution in [-0.4, -0.2) is 34.6 Å². The number of hydrogen-bond donors (Lipinski definition) is 1. The van der Waals surface area contributed by atoms with Crippen LogP contribution < -0.4 is 0 Å². The predicted molar refractivity (Wildman–Crippen MR) is 57.7 cm³/mol. The van der Waals surface area contributed by atoms with Crippen LogP contribution in [0.1, 0.15) is 12.5 Å². The molecule has 80 valence electrons. The number of carboxylic acids is 1. The molecule has 0 aliphatic carbocycles.